The molecule has 2 aliphatic rings. The van der Waals surface area contributed by atoms with Crippen molar-refractivity contribution in [3.05, 3.63) is 34.4 Å². The van der Waals surface area contributed by atoms with Crippen LogP contribution in [0.4, 0.5) is 0 Å². The number of fused-ring (bicyclic) bond motifs is 1. The molecular formula is C15H13N3O3. The first-order valence-corrected chi connectivity index (χ1v) is 6.69. The van der Waals surface area contributed by atoms with Gasteiger partial charge in [-0.3, -0.25) is 19.7 Å². The smallest absolute Gasteiger partial charge is 0.255 e. The summed E-state index contributed by atoms with van der Waals surface area (Å²) in [6, 6.07) is 4.88. The van der Waals surface area contributed by atoms with Crippen molar-refractivity contribution < 1.29 is 14.4 Å². The van der Waals surface area contributed by atoms with E-state index in [4.69, 9.17) is 5.26 Å². The maximum atomic E-state index is 12.5. The number of nitrogens with zero attached hydrogens (tertiary/aromatic N) is 2. The monoisotopic (exact) mass is 283 g/mol. The van der Waals surface area contributed by atoms with Crippen LogP contribution in [-0.4, -0.2) is 28.7 Å². The Morgan fingerprint density at radius 3 is 2.76 bits per heavy atom. The SMILES string of the molecule is Cc1cc2c(cc1C#N)CN(C1CCC(=O)NC1=O)C2=O. The van der Waals surface area contributed by atoms with Gasteiger partial charge in [-0.2, -0.15) is 5.26 Å². The number of benzene rings is 1. The Labute approximate surface area is 121 Å². The van der Waals surface area contributed by atoms with E-state index in [2.05, 4.69) is 11.4 Å². The summed E-state index contributed by atoms with van der Waals surface area (Å²) < 4.78 is 0. The highest BCUT2D eigenvalue weighted by atomic mass is 16.2. The van der Waals surface area contributed by atoms with Crippen LogP contribution in [0, 0.1) is 18.3 Å². The van der Waals surface area contributed by atoms with Gasteiger partial charge in [-0.15, -0.1) is 0 Å². The van der Waals surface area contributed by atoms with Crippen LogP contribution in [0.1, 0.15) is 39.9 Å². The van der Waals surface area contributed by atoms with Gasteiger partial charge in [0.15, 0.2) is 0 Å². The summed E-state index contributed by atoms with van der Waals surface area (Å²) in [7, 11) is 0. The highest BCUT2D eigenvalue weighted by Crippen LogP contribution is 2.29. The van der Waals surface area contributed by atoms with Gasteiger partial charge in [0.25, 0.3) is 5.91 Å². The number of nitriles is 1. The Morgan fingerprint density at radius 2 is 2.10 bits per heavy atom. The fourth-order valence-electron chi connectivity index (χ4n) is 2.84. The second kappa shape index (κ2) is 4.70. The van der Waals surface area contributed by atoms with Crippen molar-refractivity contribution in [2.24, 2.45) is 0 Å². The van der Waals surface area contributed by atoms with Gasteiger partial charge in [0.2, 0.25) is 11.8 Å². The molecule has 1 unspecified atom stereocenters. The highest BCUT2D eigenvalue weighted by Gasteiger charge is 2.39. The van der Waals surface area contributed by atoms with Crippen LogP contribution in [0.2, 0.25) is 0 Å². The van der Waals surface area contributed by atoms with Crippen LogP contribution in [0.25, 0.3) is 0 Å². The number of hydrogen-bond donors (Lipinski definition) is 1. The molecule has 1 atom stereocenters. The molecule has 0 spiro atoms. The predicted octanol–water partition coefficient (Wildman–Crippen LogP) is 0.628. The average Bonchev–Trinajstić information content (AvgIpc) is 2.75. The third-order valence-electron chi connectivity index (χ3n) is 3.99. The van der Waals surface area contributed by atoms with Gasteiger partial charge in [-0.05, 0) is 36.6 Å². The lowest BCUT2D eigenvalue weighted by Gasteiger charge is -2.29. The van der Waals surface area contributed by atoms with E-state index >= 15 is 0 Å². The van der Waals surface area contributed by atoms with Crippen LogP contribution >= 0.6 is 0 Å². The van der Waals surface area contributed by atoms with E-state index in [0.29, 0.717) is 24.1 Å². The number of piperidine rings is 1. The molecular weight excluding hydrogens is 270 g/mol. The standard InChI is InChI=1S/C15H13N3O3/c1-8-4-11-10(5-9(8)6-16)7-18(15(11)21)12-2-3-13(19)17-14(12)20/h4-5,12H,2-3,7H2,1H3,(H,17,19,20). The number of nitrogens with one attached hydrogen (secondary N) is 1. The fourth-order valence-corrected chi connectivity index (χ4v) is 2.84. The molecule has 1 N–H and O–H groups in total. The van der Waals surface area contributed by atoms with Gasteiger partial charge < -0.3 is 4.90 Å². The maximum Gasteiger partial charge on any atom is 0.255 e. The summed E-state index contributed by atoms with van der Waals surface area (Å²) in [4.78, 5) is 37.0. The largest absolute Gasteiger partial charge is 0.322 e. The first kappa shape index (κ1) is 13.3. The second-order valence-electron chi connectivity index (χ2n) is 5.34. The topological polar surface area (TPSA) is 90.3 Å². The molecule has 3 rings (SSSR count). The van der Waals surface area contributed by atoms with Crippen LogP contribution in [0.3, 0.4) is 0 Å². The molecule has 0 saturated carbocycles. The first-order chi connectivity index (χ1) is 10.0. The van der Waals surface area contributed by atoms with E-state index in [0.717, 1.165) is 11.1 Å². The van der Waals surface area contributed by atoms with E-state index < -0.39 is 11.9 Å². The molecule has 3 amide bonds. The summed E-state index contributed by atoms with van der Waals surface area (Å²) in [5, 5.41) is 11.3. The lowest BCUT2D eigenvalue weighted by Crippen LogP contribution is -2.52. The van der Waals surface area contributed by atoms with Gasteiger partial charge in [0, 0.05) is 18.5 Å². The molecule has 21 heavy (non-hydrogen) atoms. The van der Waals surface area contributed by atoms with Crippen molar-refractivity contribution in [2.75, 3.05) is 0 Å². The average molecular weight is 283 g/mol. The van der Waals surface area contributed by atoms with Crippen LogP contribution < -0.4 is 5.32 Å². The van der Waals surface area contributed by atoms with Gasteiger partial charge in [-0.25, -0.2) is 0 Å². The molecule has 1 aromatic carbocycles. The molecule has 1 saturated heterocycles. The molecule has 1 fully saturated rings. The van der Waals surface area contributed by atoms with Crippen molar-refractivity contribution in [3.63, 3.8) is 0 Å². The van der Waals surface area contributed by atoms with Crippen molar-refractivity contribution in [3.8, 4) is 6.07 Å². The van der Waals surface area contributed by atoms with E-state index in [9.17, 15) is 14.4 Å². The Bertz CT molecular complexity index is 718. The third kappa shape index (κ3) is 2.07. The van der Waals surface area contributed by atoms with Crippen LogP contribution in [0.15, 0.2) is 12.1 Å². The minimum absolute atomic E-state index is 0.216. The van der Waals surface area contributed by atoms with Crippen molar-refractivity contribution in [1.82, 2.24) is 10.2 Å². The Kier molecular flexibility index (Phi) is 2.98. The van der Waals surface area contributed by atoms with E-state index in [1.807, 2.05) is 0 Å². The van der Waals surface area contributed by atoms with Crippen molar-refractivity contribution in [1.29, 1.82) is 5.26 Å². The van der Waals surface area contributed by atoms with Gasteiger partial charge in [0.05, 0.1) is 11.6 Å². The molecule has 6 heteroatoms. The van der Waals surface area contributed by atoms with Crippen molar-refractivity contribution in [2.45, 2.75) is 32.4 Å². The molecule has 0 bridgehead atoms. The molecule has 0 aromatic heterocycles. The van der Waals surface area contributed by atoms with E-state index in [-0.39, 0.29) is 18.2 Å². The number of carbonyl (C=O) groups is 3. The second-order valence-corrected chi connectivity index (χ2v) is 5.34. The number of carbonyl (C=O) groups excluding carboxylic acids is 3. The summed E-state index contributed by atoms with van der Waals surface area (Å²) in [6.07, 6.45) is 0.577. The molecule has 6 nitrogen and oxygen atoms in total. The predicted molar refractivity (Wildman–Crippen MR) is 71.9 cm³/mol. The Morgan fingerprint density at radius 1 is 1.33 bits per heavy atom. The molecule has 0 aliphatic carbocycles. The number of amides is 3. The third-order valence-corrected chi connectivity index (χ3v) is 3.99. The normalized spacial score (nSPS) is 21.0. The number of aryl methyl sites for hydroxylation is 1. The van der Waals surface area contributed by atoms with Crippen molar-refractivity contribution >= 4 is 17.7 Å². The van der Waals surface area contributed by atoms with Crippen LogP contribution in [-0.2, 0) is 16.1 Å². The number of rotatable bonds is 1. The highest BCUT2D eigenvalue weighted by molar-refractivity contribution is 6.05. The Balaban J connectivity index is 1.92. The summed E-state index contributed by atoms with van der Waals surface area (Å²) in [6.45, 7) is 2.08. The summed E-state index contributed by atoms with van der Waals surface area (Å²) in [5.41, 5.74) is 2.57. The van der Waals surface area contributed by atoms with Gasteiger partial charge >= 0.3 is 0 Å². The quantitative estimate of drug-likeness (QED) is 0.765. The zero-order chi connectivity index (χ0) is 15.1. The lowest BCUT2D eigenvalue weighted by molar-refractivity contribution is -0.136. The zero-order valence-corrected chi connectivity index (χ0v) is 11.5. The number of imide groups is 1. The molecule has 0 radical (unpaired) electrons. The first-order valence-electron chi connectivity index (χ1n) is 6.69. The molecule has 106 valence electrons. The van der Waals surface area contributed by atoms with E-state index in [1.54, 1.807) is 19.1 Å². The van der Waals surface area contributed by atoms with E-state index in [1.165, 1.54) is 4.90 Å². The molecule has 2 aliphatic heterocycles. The maximum absolute atomic E-state index is 12.5. The molecule has 1 aromatic rings. The van der Waals surface area contributed by atoms with Gasteiger partial charge in [-0.1, -0.05) is 0 Å². The number of hydrogen-bond acceptors (Lipinski definition) is 4. The van der Waals surface area contributed by atoms with Crippen LogP contribution in [0.5, 0.6) is 0 Å². The zero-order valence-electron chi connectivity index (χ0n) is 11.5. The van der Waals surface area contributed by atoms with Gasteiger partial charge in [0.1, 0.15) is 6.04 Å². The summed E-state index contributed by atoms with van der Waals surface area (Å²) >= 11 is 0. The molecule has 2 heterocycles. The minimum Gasteiger partial charge on any atom is -0.322 e. The summed E-state index contributed by atoms with van der Waals surface area (Å²) in [5.74, 6) is -0.945. The minimum atomic E-state index is -0.617. The lowest BCUT2D eigenvalue weighted by atomic mass is 10.0. The Hall–Kier alpha value is -2.68. The fraction of sp³-hybridized carbons (Fsp3) is 0.333.